The van der Waals surface area contributed by atoms with Gasteiger partial charge in [-0.3, -0.25) is 0 Å². The highest BCUT2D eigenvalue weighted by Gasteiger charge is 2.34. The first kappa shape index (κ1) is 11.7. The van der Waals surface area contributed by atoms with Gasteiger partial charge in [-0.05, 0) is 23.8 Å². The van der Waals surface area contributed by atoms with Crippen molar-refractivity contribution < 1.29 is 8.42 Å². The highest BCUT2D eigenvalue weighted by molar-refractivity contribution is 7.91. The fraction of sp³-hybridized carbons (Fsp3) is 0.556. The van der Waals surface area contributed by atoms with Crippen LogP contribution in [0.2, 0.25) is 5.02 Å². The van der Waals surface area contributed by atoms with Gasteiger partial charge < -0.3 is 0 Å². The number of sulfone groups is 1. The molecule has 2 heterocycles. The van der Waals surface area contributed by atoms with E-state index in [0.29, 0.717) is 11.4 Å². The first-order valence-electron chi connectivity index (χ1n) is 4.57. The minimum atomic E-state index is -2.87. The molecule has 0 N–H and O–H groups in total. The van der Waals surface area contributed by atoms with Crippen molar-refractivity contribution in [2.45, 2.75) is 11.8 Å². The van der Waals surface area contributed by atoms with E-state index < -0.39 is 9.84 Å². The van der Waals surface area contributed by atoms with Gasteiger partial charge in [0.2, 0.25) is 0 Å². The van der Waals surface area contributed by atoms with Crippen molar-refractivity contribution in [2.24, 2.45) is 5.92 Å². The van der Waals surface area contributed by atoms with E-state index in [2.05, 4.69) is 0 Å². The van der Waals surface area contributed by atoms with Crippen molar-refractivity contribution in [2.75, 3.05) is 11.5 Å². The van der Waals surface area contributed by atoms with Crippen molar-refractivity contribution in [1.29, 1.82) is 0 Å². The Labute approximate surface area is 103 Å². The smallest absolute Gasteiger partial charge is 0.150 e. The van der Waals surface area contributed by atoms with Crippen LogP contribution < -0.4 is 0 Å². The van der Waals surface area contributed by atoms with Gasteiger partial charge in [0, 0.05) is 4.88 Å². The number of hydrogen-bond acceptors (Lipinski definition) is 3. The fourth-order valence-corrected chi connectivity index (χ4v) is 5.50. The van der Waals surface area contributed by atoms with Gasteiger partial charge in [0.25, 0.3) is 0 Å². The van der Waals surface area contributed by atoms with Gasteiger partial charge in [0.1, 0.15) is 0 Å². The number of halogens is 2. The van der Waals surface area contributed by atoms with Crippen LogP contribution in [0.3, 0.4) is 0 Å². The molecule has 0 aliphatic carbocycles. The van der Waals surface area contributed by atoms with E-state index in [1.165, 1.54) is 11.3 Å². The first-order chi connectivity index (χ1) is 6.99. The van der Waals surface area contributed by atoms with E-state index >= 15 is 0 Å². The molecular formula is C9H10Cl2O2S2. The molecule has 2 nitrogen and oxygen atoms in total. The largest absolute Gasteiger partial charge is 0.229 e. The minimum Gasteiger partial charge on any atom is -0.229 e. The van der Waals surface area contributed by atoms with Crippen LogP contribution in [0.1, 0.15) is 16.7 Å². The minimum absolute atomic E-state index is 0.00724. The van der Waals surface area contributed by atoms with Gasteiger partial charge in [0.15, 0.2) is 9.84 Å². The van der Waals surface area contributed by atoms with E-state index in [-0.39, 0.29) is 22.8 Å². The summed E-state index contributed by atoms with van der Waals surface area (Å²) < 4.78 is 22.6. The van der Waals surface area contributed by atoms with Crippen LogP contribution in [0.25, 0.3) is 0 Å². The van der Waals surface area contributed by atoms with Gasteiger partial charge in [-0.2, -0.15) is 0 Å². The maximum atomic E-state index is 11.3. The van der Waals surface area contributed by atoms with Crippen LogP contribution >= 0.6 is 34.5 Å². The molecule has 15 heavy (non-hydrogen) atoms. The molecule has 0 radical (unpaired) electrons. The molecule has 0 aromatic carbocycles. The second kappa shape index (κ2) is 4.24. The highest BCUT2D eigenvalue weighted by Crippen LogP contribution is 2.41. The molecular weight excluding hydrogens is 275 g/mol. The zero-order valence-corrected chi connectivity index (χ0v) is 11.0. The predicted octanol–water partition coefficient (Wildman–Crippen LogP) is 3.12. The summed E-state index contributed by atoms with van der Waals surface area (Å²) in [5.41, 5.74) is 0. The molecule has 0 bridgehead atoms. The highest BCUT2D eigenvalue weighted by atomic mass is 35.5. The Kier molecular flexibility index (Phi) is 3.31. The van der Waals surface area contributed by atoms with E-state index in [1.54, 1.807) is 6.07 Å². The molecule has 0 spiro atoms. The van der Waals surface area contributed by atoms with Crippen molar-refractivity contribution >= 4 is 44.4 Å². The van der Waals surface area contributed by atoms with Crippen molar-refractivity contribution in [3.05, 3.63) is 21.3 Å². The third-order valence-corrected chi connectivity index (χ3v) is 6.52. The summed E-state index contributed by atoms with van der Waals surface area (Å²) in [5, 5.41) is 2.25. The SMILES string of the molecule is O=S1(=O)CCC(C(Cl)c2sccc2Cl)C1. The van der Waals surface area contributed by atoms with Crippen LogP contribution in [0.15, 0.2) is 11.4 Å². The van der Waals surface area contributed by atoms with Gasteiger partial charge in [-0.25, -0.2) is 8.42 Å². The van der Waals surface area contributed by atoms with Crippen LogP contribution in [0, 0.1) is 5.92 Å². The fourth-order valence-electron chi connectivity index (χ4n) is 1.77. The molecule has 84 valence electrons. The number of hydrogen-bond donors (Lipinski definition) is 0. The molecule has 1 aromatic heterocycles. The molecule has 1 aliphatic heterocycles. The third-order valence-electron chi connectivity index (χ3n) is 2.58. The lowest BCUT2D eigenvalue weighted by Gasteiger charge is -2.14. The van der Waals surface area contributed by atoms with Gasteiger partial charge in [-0.15, -0.1) is 22.9 Å². The van der Waals surface area contributed by atoms with Gasteiger partial charge in [-0.1, -0.05) is 11.6 Å². The van der Waals surface area contributed by atoms with Gasteiger partial charge in [0.05, 0.1) is 21.9 Å². The van der Waals surface area contributed by atoms with Crippen molar-refractivity contribution in [1.82, 2.24) is 0 Å². The Morgan fingerprint density at radius 2 is 2.27 bits per heavy atom. The summed E-state index contributed by atoms with van der Waals surface area (Å²) in [6.45, 7) is 0. The molecule has 6 heteroatoms. The number of rotatable bonds is 2. The second-order valence-corrected chi connectivity index (χ2v) is 7.75. The Balaban J connectivity index is 2.17. The molecule has 1 aliphatic rings. The van der Waals surface area contributed by atoms with E-state index in [9.17, 15) is 8.42 Å². The number of thiophene rings is 1. The molecule has 2 rings (SSSR count). The predicted molar refractivity (Wildman–Crippen MR) is 64.7 cm³/mol. The molecule has 0 amide bonds. The summed E-state index contributed by atoms with van der Waals surface area (Å²) in [7, 11) is -2.87. The summed E-state index contributed by atoms with van der Waals surface area (Å²) in [6.07, 6.45) is 0.644. The maximum absolute atomic E-state index is 11.3. The quantitative estimate of drug-likeness (QED) is 0.782. The van der Waals surface area contributed by atoms with Crippen LogP contribution in [0.4, 0.5) is 0 Å². The average molecular weight is 285 g/mol. The average Bonchev–Trinajstić information content (AvgIpc) is 2.71. The van der Waals surface area contributed by atoms with Gasteiger partial charge >= 0.3 is 0 Å². The normalized spacial score (nSPS) is 26.7. The third kappa shape index (κ3) is 2.49. The Morgan fingerprint density at radius 1 is 1.53 bits per heavy atom. The lowest BCUT2D eigenvalue weighted by atomic mass is 10.0. The summed E-state index contributed by atoms with van der Waals surface area (Å²) >= 11 is 13.7. The zero-order valence-electron chi connectivity index (χ0n) is 7.82. The maximum Gasteiger partial charge on any atom is 0.150 e. The van der Waals surface area contributed by atoms with E-state index in [1.807, 2.05) is 5.38 Å². The lowest BCUT2D eigenvalue weighted by Crippen LogP contribution is -2.09. The zero-order chi connectivity index (χ0) is 11.1. The molecule has 0 saturated carbocycles. The monoisotopic (exact) mass is 284 g/mol. The first-order valence-corrected chi connectivity index (χ1v) is 8.08. The second-order valence-electron chi connectivity index (χ2n) is 3.70. The summed E-state index contributed by atoms with van der Waals surface area (Å²) in [5.74, 6) is 0.451. The summed E-state index contributed by atoms with van der Waals surface area (Å²) in [4.78, 5) is 0.889. The van der Waals surface area contributed by atoms with Crippen molar-refractivity contribution in [3.63, 3.8) is 0 Å². The number of alkyl halides is 1. The van der Waals surface area contributed by atoms with Crippen LogP contribution in [0.5, 0.6) is 0 Å². The molecule has 1 aromatic rings. The topological polar surface area (TPSA) is 34.1 Å². The molecule has 1 fully saturated rings. The van der Waals surface area contributed by atoms with Crippen molar-refractivity contribution in [3.8, 4) is 0 Å². The standard InChI is InChI=1S/C9H10Cl2O2S2/c10-7-1-3-14-9(7)8(11)6-2-4-15(12,13)5-6/h1,3,6,8H,2,4-5H2. The molecule has 2 atom stereocenters. The Hall–Kier alpha value is 0.230. The summed E-state index contributed by atoms with van der Waals surface area (Å²) in [6, 6.07) is 1.79. The van der Waals surface area contributed by atoms with E-state index in [0.717, 1.165) is 4.88 Å². The Morgan fingerprint density at radius 3 is 2.73 bits per heavy atom. The Bertz CT molecular complexity index is 452. The van der Waals surface area contributed by atoms with Crippen LogP contribution in [-0.2, 0) is 9.84 Å². The molecule has 2 unspecified atom stereocenters. The van der Waals surface area contributed by atoms with Crippen LogP contribution in [-0.4, -0.2) is 19.9 Å². The lowest BCUT2D eigenvalue weighted by molar-refractivity contribution is 0.573. The van der Waals surface area contributed by atoms with E-state index in [4.69, 9.17) is 23.2 Å². The molecule has 1 saturated heterocycles.